The first-order chi connectivity index (χ1) is 16.9. The maximum absolute atomic E-state index is 13.4. The lowest BCUT2D eigenvalue weighted by molar-refractivity contribution is -0.117. The lowest BCUT2D eigenvalue weighted by Crippen LogP contribution is -2.48. The Bertz CT molecular complexity index is 884. The molecular formula is C27H41N3O5. The number of carbonyl (C=O) groups excluding carboxylic acids is 2. The minimum Gasteiger partial charge on any atom is -0.491 e. The first-order valence-corrected chi connectivity index (χ1v) is 13.0. The number of nitrogens with zero attached hydrogens (tertiary/aromatic N) is 2. The molecule has 3 atom stereocenters. The molecule has 1 aromatic rings. The molecule has 1 saturated heterocycles. The Morgan fingerprint density at radius 3 is 2.57 bits per heavy atom. The number of methoxy groups -OCH3 is 1. The molecule has 2 fully saturated rings. The van der Waals surface area contributed by atoms with E-state index >= 15 is 0 Å². The Labute approximate surface area is 209 Å². The van der Waals surface area contributed by atoms with Crippen LogP contribution in [0.15, 0.2) is 18.2 Å². The molecule has 2 heterocycles. The van der Waals surface area contributed by atoms with Crippen molar-refractivity contribution in [1.82, 2.24) is 9.80 Å². The zero-order chi connectivity index (χ0) is 24.9. The number of nitrogens with one attached hydrogen (secondary N) is 1. The number of amides is 2. The average molecular weight is 488 g/mol. The molecule has 0 unspecified atom stereocenters. The topological polar surface area (TPSA) is 80.3 Å². The van der Waals surface area contributed by atoms with E-state index in [1.165, 1.54) is 0 Å². The molecule has 1 aliphatic carbocycles. The third kappa shape index (κ3) is 6.74. The van der Waals surface area contributed by atoms with Gasteiger partial charge in [0, 0.05) is 70.7 Å². The molecule has 4 rings (SSSR count). The lowest BCUT2D eigenvalue weighted by Gasteiger charge is -2.38. The summed E-state index contributed by atoms with van der Waals surface area (Å²) >= 11 is 0. The standard InChI is InChI=1S/C27H41N3O5/c1-18-14-30(15-20-9-11-34-12-10-20)19(2)17-35-24-13-22(28-26(31)21-5-6-21)7-8-23(24)27(32)29(3)16-25(18)33-4/h7-8,13,18-21,25H,5-6,9-12,14-17H2,1-4H3,(H,28,31)/t18-,19-,25-/m1/s1. The molecule has 2 aliphatic heterocycles. The number of carbonyl (C=O) groups is 2. The number of hydrogen-bond donors (Lipinski definition) is 1. The Kier molecular flexibility index (Phi) is 8.68. The van der Waals surface area contributed by atoms with E-state index in [4.69, 9.17) is 14.2 Å². The van der Waals surface area contributed by atoms with Crippen molar-refractivity contribution in [3.63, 3.8) is 0 Å². The van der Waals surface area contributed by atoms with Crippen molar-refractivity contribution in [2.75, 3.05) is 58.9 Å². The zero-order valence-electron chi connectivity index (χ0n) is 21.6. The zero-order valence-corrected chi connectivity index (χ0v) is 21.6. The fraction of sp³-hybridized carbons (Fsp3) is 0.704. The van der Waals surface area contributed by atoms with Crippen molar-refractivity contribution in [3.05, 3.63) is 23.8 Å². The monoisotopic (exact) mass is 487 g/mol. The van der Waals surface area contributed by atoms with Crippen LogP contribution < -0.4 is 10.1 Å². The van der Waals surface area contributed by atoms with Crippen LogP contribution in [-0.2, 0) is 14.3 Å². The number of benzene rings is 1. The van der Waals surface area contributed by atoms with Crippen LogP contribution in [0.2, 0.25) is 0 Å². The second-order valence-corrected chi connectivity index (χ2v) is 10.6. The van der Waals surface area contributed by atoms with Crippen LogP contribution >= 0.6 is 0 Å². The summed E-state index contributed by atoms with van der Waals surface area (Å²) in [6.07, 6.45) is 3.97. The average Bonchev–Trinajstić information content (AvgIpc) is 3.71. The van der Waals surface area contributed by atoms with Gasteiger partial charge in [-0.15, -0.1) is 0 Å². The number of ether oxygens (including phenoxy) is 3. The van der Waals surface area contributed by atoms with Crippen LogP contribution in [0.1, 0.15) is 49.9 Å². The number of fused-ring (bicyclic) bond motifs is 1. The van der Waals surface area contributed by atoms with Crippen LogP contribution in [-0.4, -0.2) is 87.4 Å². The molecule has 0 aromatic heterocycles. The van der Waals surface area contributed by atoms with E-state index in [1.54, 1.807) is 30.2 Å². The predicted octanol–water partition coefficient (Wildman–Crippen LogP) is 3.27. The second kappa shape index (κ2) is 11.7. The van der Waals surface area contributed by atoms with Crippen molar-refractivity contribution in [3.8, 4) is 5.75 Å². The van der Waals surface area contributed by atoms with Crippen molar-refractivity contribution in [2.45, 2.75) is 51.7 Å². The summed E-state index contributed by atoms with van der Waals surface area (Å²) in [7, 11) is 3.53. The third-order valence-corrected chi connectivity index (χ3v) is 7.63. The normalized spacial score (nSPS) is 27.4. The number of rotatable bonds is 5. The molecule has 3 aliphatic rings. The molecular weight excluding hydrogens is 446 g/mol. The van der Waals surface area contributed by atoms with Gasteiger partial charge in [0.25, 0.3) is 5.91 Å². The number of anilines is 1. The van der Waals surface area contributed by atoms with Gasteiger partial charge in [0.1, 0.15) is 12.4 Å². The fourth-order valence-electron chi connectivity index (χ4n) is 5.03. The van der Waals surface area contributed by atoms with Gasteiger partial charge in [-0.2, -0.15) is 0 Å². The van der Waals surface area contributed by atoms with Crippen LogP contribution in [0, 0.1) is 17.8 Å². The highest BCUT2D eigenvalue weighted by molar-refractivity contribution is 5.99. The molecule has 8 heteroatoms. The summed E-state index contributed by atoms with van der Waals surface area (Å²) in [5, 5.41) is 2.98. The van der Waals surface area contributed by atoms with E-state index in [2.05, 4.69) is 24.1 Å². The molecule has 1 aromatic carbocycles. The van der Waals surface area contributed by atoms with Crippen LogP contribution in [0.3, 0.4) is 0 Å². The molecule has 1 saturated carbocycles. The summed E-state index contributed by atoms with van der Waals surface area (Å²) < 4.78 is 17.7. The summed E-state index contributed by atoms with van der Waals surface area (Å²) in [4.78, 5) is 29.9. The smallest absolute Gasteiger partial charge is 0.257 e. The summed E-state index contributed by atoms with van der Waals surface area (Å²) in [5.74, 6) is 1.40. The Balaban J connectivity index is 1.58. The Hall–Kier alpha value is -2.16. The van der Waals surface area contributed by atoms with Gasteiger partial charge in [-0.25, -0.2) is 0 Å². The van der Waals surface area contributed by atoms with Crippen molar-refractivity contribution >= 4 is 17.5 Å². The van der Waals surface area contributed by atoms with Gasteiger partial charge in [-0.3, -0.25) is 14.5 Å². The van der Waals surface area contributed by atoms with Gasteiger partial charge in [0.15, 0.2) is 0 Å². The maximum Gasteiger partial charge on any atom is 0.257 e. The van der Waals surface area contributed by atoms with Gasteiger partial charge < -0.3 is 24.4 Å². The van der Waals surface area contributed by atoms with Crippen LogP contribution in [0.25, 0.3) is 0 Å². The molecule has 194 valence electrons. The lowest BCUT2D eigenvalue weighted by atomic mass is 9.96. The molecule has 2 amide bonds. The van der Waals surface area contributed by atoms with E-state index in [0.717, 1.165) is 52.0 Å². The van der Waals surface area contributed by atoms with E-state index in [0.29, 0.717) is 36.1 Å². The highest BCUT2D eigenvalue weighted by Crippen LogP contribution is 2.32. The summed E-state index contributed by atoms with van der Waals surface area (Å²) in [6.45, 7) is 8.86. The Morgan fingerprint density at radius 1 is 1.14 bits per heavy atom. The molecule has 0 radical (unpaired) electrons. The maximum atomic E-state index is 13.4. The second-order valence-electron chi connectivity index (χ2n) is 10.6. The van der Waals surface area contributed by atoms with E-state index < -0.39 is 0 Å². The first-order valence-electron chi connectivity index (χ1n) is 13.0. The predicted molar refractivity (Wildman–Crippen MR) is 135 cm³/mol. The molecule has 0 bridgehead atoms. The minimum atomic E-state index is -0.110. The molecule has 35 heavy (non-hydrogen) atoms. The van der Waals surface area contributed by atoms with E-state index in [-0.39, 0.29) is 35.8 Å². The fourth-order valence-corrected chi connectivity index (χ4v) is 5.03. The van der Waals surface area contributed by atoms with Crippen molar-refractivity contribution in [2.24, 2.45) is 17.8 Å². The number of likely N-dealkylation sites (N-methyl/N-ethyl adjacent to an activating group) is 1. The largest absolute Gasteiger partial charge is 0.491 e. The van der Waals surface area contributed by atoms with Gasteiger partial charge in [-0.05, 0) is 56.6 Å². The van der Waals surface area contributed by atoms with Crippen LogP contribution in [0.4, 0.5) is 5.69 Å². The van der Waals surface area contributed by atoms with E-state index in [9.17, 15) is 9.59 Å². The molecule has 1 N–H and O–H groups in total. The molecule has 8 nitrogen and oxygen atoms in total. The SMILES string of the molecule is CO[C@@H]1CN(C)C(=O)c2ccc(NC(=O)C3CC3)cc2OC[C@@H](C)N(CC2CCOCC2)C[C@H]1C. The number of hydrogen-bond acceptors (Lipinski definition) is 6. The highest BCUT2D eigenvalue weighted by atomic mass is 16.5. The quantitative estimate of drug-likeness (QED) is 0.687. The summed E-state index contributed by atoms with van der Waals surface area (Å²) in [6, 6.07) is 5.50. The van der Waals surface area contributed by atoms with Crippen molar-refractivity contribution < 1.29 is 23.8 Å². The van der Waals surface area contributed by atoms with Crippen molar-refractivity contribution in [1.29, 1.82) is 0 Å². The molecule has 0 spiro atoms. The highest BCUT2D eigenvalue weighted by Gasteiger charge is 2.31. The minimum absolute atomic E-state index is 0.0366. The van der Waals surface area contributed by atoms with Crippen LogP contribution in [0.5, 0.6) is 5.75 Å². The Morgan fingerprint density at radius 2 is 1.89 bits per heavy atom. The van der Waals surface area contributed by atoms with Gasteiger partial charge >= 0.3 is 0 Å². The summed E-state index contributed by atoms with van der Waals surface area (Å²) in [5.41, 5.74) is 1.17. The van der Waals surface area contributed by atoms with Gasteiger partial charge in [-0.1, -0.05) is 6.92 Å². The van der Waals surface area contributed by atoms with E-state index in [1.807, 2.05) is 7.05 Å². The first kappa shape index (κ1) is 25.9. The third-order valence-electron chi connectivity index (χ3n) is 7.63. The van der Waals surface area contributed by atoms with Gasteiger partial charge in [0.2, 0.25) is 5.91 Å². The van der Waals surface area contributed by atoms with Gasteiger partial charge in [0.05, 0.1) is 11.7 Å².